The fourth-order valence-electron chi connectivity index (χ4n) is 4.14. The lowest BCUT2D eigenvalue weighted by atomic mass is 9.88. The van der Waals surface area contributed by atoms with Gasteiger partial charge >= 0.3 is 0 Å². The summed E-state index contributed by atoms with van der Waals surface area (Å²) in [7, 11) is -3.20. The van der Waals surface area contributed by atoms with Crippen LogP contribution in [0.25, 0.3) is 11.6 Å². The summed E-state index contributed by atoms with van der Waals surface area (Å²) in [5.74, 6) is -0.283. The van der Waals surface area contributed by atoms with Gasteiger partial charge in [0.05, 0.1) is 17.7 Å². The fourth-order valence-corrected chi connectivity index (χ4v) is 4.91. The quantitative estimate of drug-likeness (QED) is 0.799. The lowest BCUT2D eigenvalue weighted by Gasteiger charge is -2.29. The zero-order valence-electron chi connectivity index (χ0n) is 15.3. The first-order chi connectivity index (χ1) is 13.4. The lowest BCUT2D eigenvalue weighted by molar-refractivity contribution is 0.436. The molecule has 0 fully saturated rings. The zero-order valence-corrected chi connectivity index (χ0v) is 16.1. The normalized spacial score (nSPS) is 21.0. The van der Waals surface area contributed by atoms with Crippen molar-refractivity contribution in [2.24, 2.45) is 5.10 Å². The van der Waals surface area contributed by atoms with Crippen molar-refractivity contribution in [3.8, 4) is 0 Å². The summed E-state index contributed by atoms with van der Waals surface area (Å²) < 4.78 is 39.2. The van der Waals surface area contributed by atoms with Crippen LogP contribution in [0.2, 0.25) is 0 Å². The number of nitrogens with zero attached hydrogens (tertiary/aromatic N) is 2. The Kier molecular flexibility index (Phi) is 3.82. The highest BCUT2D eigenvalue weighted by Gasteiger charge is 2.30. The molecule has 1 aliphatic carbocycles. The van der Waals surface area contributed by atoms with E-state index in [0.717, 1.165) is 44.8 Å². The first kappa shape index (κ1) is 17.4. The molecule has 5 rings (SSSR count). The SMILES string of the molecule is CS(=O)(=O)N1CC=C(C2=C3NN=C4C=Cc5cc(F)cc(c54)C3=CNC2)CC1. The van der Waals surface area contributed by atoms with Crippen LogP contribution in [0.15, 0.2) is 52.4 Å². The molecule has 0 radical (unpaired) electrons. The minimum Gasteiger partial charge on any atom is -0.386 e. The van der Waals surface area contributed by atoms with Crippen LogP contribution >= 0.6 is 0 Å². The molecule has 144 valence electrons. The van der Waals surface area contributed by atoms with E-state index in [0.29, 0.717) is 26.1 Å². The number of nitrogens with one attached hydrogen (secondary N) is 2. The third-order valence-electron chi connectivity index (χ3n) is 5.51. The maximum absolute atomic E-state index is 14.2. The number of halogens is 1. The molecular formula is C20H19FN4O2S. The van der Waals surface area contributed by atoms with Crippen LogP contribution in [0.1, 0.15) is 23.1 Å². The van der Waals surface area contributed by atoms with Crippen LogP contribution in [0.5, 0.6) is 0 Å². The fraction of sp³-hybridized carbons (Fsp3) is 0.250. The van der Waals surface area contributed by atoms with Crippen molar-refractivity contribution in [1.82, 2.24) is 15.0 Å². The standard InChI is InChI=1S/C20H19FN4O2S/c1-28(26,27)25-6-4-12(5-7-25)16-10-22-11-17-15-9-14(21)8-13-2-3-18(19(13)15)23-24-20(16)17/h2-4,8-9,11,22,24H,5-7,10H2,1H3. The van der Waals surface area contributed by atoms with Gasteiger partial charge in [-0.15, -0.1) is 0 Å². The second-order valence-corrected chi connectivity index (χ2v) is 9.24. The Balaban J connectivity index is 1.61. The topological polar surface area (TPSA) is 73.8 Å². The summed E-state index contributed by atoms with van der Waals surface area (Å²) in [4.78, 5) is 0. The molecule has 0 saturated carbocycles. The minimum absolute atomic E-state index is 0.283. The molecule has 0 bridgehead atoms. The third kappa shape index (κ3) is 2.71. The number of dihydropyridines is 1. The van der Waals surface area contributed by atoms with Gasteiger partial charge in [-0.25, -0.2) is 12.8 Å². The first-order valence-electron chi connectivity index (χ1n) is 9.09. The second-order valence-electron chi connectivity index (χ2n) is 7.25. The van der Waals surface area contributed by atoms with Crippen LogP contribution in [0.4, 0.5) is 4.39 Å². The minimum atomic E-state index is -3.20. The van der Waals surface area contributed by atoms with Gasteiger partial charge in [0, 0.05) is 37.0 Å². The van der Waals surface area contributed by atoms with E-state index in [1.54, 1.807) is 6.07 Å². The maximum Gasteiger partial charge on any atom is 0.211 e. The average Bonchev–Trinajstić information content (AvgIpc) is 2.99. The molecule has 8 heteroatoms. The maximum atomic E-state index is 14.2. The van der Waals surface area contributed by atoms with Gasteiger partial charge in [0.25, 0.3) is 0 Å². The van der Waals surface area contributed by atoms with Crippen LogP contribution in [0, 0.1) is 5.82 Å². The van der Waals surface area contributed by atoms with Crippen molar-refractivity contribution >= 4 is 27.4 Å². The van der Waals surface area contributed by atoms with Crippen LogP contribution in [-0.4, -0.2) is 44.3 Å². The Morgan fingerprint density at radius 1 is 1.25 bits per heavy atom. The largest absolute Gasteiger partial charge is 0.386 e. The Morgan fingerprint density at radius 2 is 2.11 bits per heavy atom. The van der Waals surface area contributed by atoms with E-state index in [-0.39, 0.29) is 5.82 Å². The van der Waals surface area contributed by atoms with Crippen LogP contribution < -0.4 is 10.7 Å². The Labute approximate surface area is 162 Å². The van der Waals surface area contributed by atoms with Crippen molar-refractivity contribution in [2.45, 2.75) is 6.42 Å². The van der Waals surface area contributed by atoms with Crippen LogP contribution in [-0.2, 0) is 10.0 Å². The van der Waals surface area contributed by atoms with Gasteiger partial charge < -0.3 is 5.32 Å². The van der Waals surface area contributed by atoms with E-state index in [9.17, 15) is 12.8 Å². The molecule has 3 heterocycles. The number of benzene rings is 1. The summed E-state index contributed by atoms with van der Waals surface area (Å²) in [6, 6.07) is 3.07. The molecule has 6 nitrogen and oxygen atoms in total. The molecule has 0 aromatic heterocycles. The molecule has 2 N–H and O–H groups in total. The van der Waals surface area contributed by atoms with E-state index in [1.807, 2.05) is 24.4 Å². The van der Waals surface area contributed by atoms with Gasteiger partial charge in [-0.3, -0.25) is 5.43 Å². The number of rotatable bonds is 2. The summed E-state index contributed by atoms with van der Waals surface area (Å²) in [5.41, 5.74) is 10.4. The third-order valence-corrected chi connectivity index (χ3v) is 6.78. The molecule has 1 aromatic carbocycles. The van der Waals surface area contributed by atoms with Crippen molar-refractivity contribution in [2.75, 3.05) is 25.9 Å². The van der Waals surface area contributed by atoms with Crippen molar-refractivity contribution < 1.29 is 12.8 Å². The van der Waals surface area contributed by atoms with Crippen molar-refractivity contribution in [3.63, 3.8) is 0 Å². The van der Waals surface area contributed by atoms with Gasteiger partial charge in [0.1, 0.15) is 5.82 Å². The summed E-state index contributed by atoms with van der Waals surface area (Å²) in [6.45, 7) is 1.42. The van der Waals surface area contributed by atoms with Crippen molar-refractivity contribution in [1.29, 1.82) is 0 Å². The highest BCUT2D eigenvalue weighted by atomic mass is 32.2. The molecule has 28 heavy (non-hydrogen) atoms. The van der Waals surface area contributed by atoms with E-state index >= 15 is 0 Å². The molecule has 0 spiro atoms. The van der Waals surface area contributed by atoms with Crippen molar-refractivity contribution in [3.05, 3.63) is 69.8 Å². The number of allylic oxidation sites excluding steroid dienone is 2. The van der Waals surface area contributed by atoms with E-state index in [2.05, 4.69) is 15.8 Å². The van der Waals surface area contributed by atoms with Gasteiger partial charge in [-0.1, -0.05) is 12.2 Å². The number of fused-ring (bicyclic) bond motifs is 2. The van der Waals surface area contributed by atoms with Gasteiger partial charge in [-0.05, 0) is 46.9 Å². The summed E-state index contributed by atoms with van der Waals surface area (Å²) in [5, 5.41) is 7.84. The first-order valence-corrected chi connectivity index (χ1v) is 10.9. The molecule has 0 amide bonds. The zero-order chi connectivity index (χ0) is 19.5. The van der Waals surface area contributed by atoms with Gasteiger partial charge in [-0.2, -0.15) is 9.41 Å². The number of sulfonamides is 1. The smallest absolute Gasteiger partial charge is 0.211 e. The molecular weight excluding hydrogens is 379 g/mol. The number of hydrazone groups is 1. The summed E-state index contributed by atoms with van der Waals surface area (Å²) >= 11 is 0. The van der Waals surface area contributed by atoms with E-state index in [1.165, 1.54) is 16.6 Å². The molecule has 1 aromatic rings. The molecule has 4 aliphatic rings. The highest BCUT2D eigenvalue weighted by molar-refractivity contribution is 7.88. The molecule has 0 saturated heterocycles. The monoisotopic (exact) mass is 398 g/mol. The Morgan fingerprint density at radius 3 is 2.86 bits per heavy atom. The summed E-state index contributed by atoms with van der Waals surface area (Å²) in [6.07, 6.45) is 9.46. The lowest BCUT2D eigenvalue weighted by Crippen LogP contribution is -2.35. The van der Waals surface area contributed by atoms with E-state index < -0.39 is 10.0 Å². The predicted octanol–water partition coefficient (Wildman–Crippen LogP) is 1.95. The average molecular weight is 398 g/mol. The molecule has 3 aliphatic heterocycles. The Hall–Kier alpha value is -2.71. The number of hydrogen-bond acceptors (Lipinski definition) is 5. The Bertz CT molecular complexity index is 1160. The van der Waals surface area contributed by atoms with Gasteiger partial charge in [0.2, 0.25) is 10.0 Å². The number of hydrogen-bond donors (Lipinski definition) is 2. The molecule has 0 atom stereocenters. The predicted molar refractivity (Wildman–Crippen MR) is 107 cm³/mol. The molecule has 0 unspecified atom stereocenters. The highest BCUT2D eigenvalue weighted by Crippen LogP contribution is 2.38. The van der Waals surface area contributed by atoms with E-state index in [4.69, 9.17) is 0 Å². The van der Waals surface area contributed by atoms with Gasteiger partial charge in [0.15, 0.2) is 0 Å². The van der Waals surface area contributed by atoms with Crippen LogP contribution in [0.3, 0.4) is 0 Å². The second kappa shape index (κ2) is 6.15.